The number of nitrogens with zero attached hydrogens (tertiary/aromatic N) is 4. The van der Waals surface area contributed by atoms with E-state index in [-0.39, 0.29) is 5.91 Å². The van der Waals surface area contributed by atoms with Crippen LogP contribution in [0.1, 0.15) is 11.1 Å². The van der Waals surface area contributed by atoms with Crippen LogP contribution in [0.3, 0.4) is 0 Å². The molecule has 9 heteroatoms. The van der Waals surface area contributed by atoms with Crippen molar-refractivity contribution in [2.45, 2.75) is 18.3 Å². The van der Waals surface area contributed by atoms with Crippen molar-refractivity contribution in [3.05, 3.63) is 69.7 Å². The Morgan fingerprint density at radius 2 is 1.57 bits per heavy atom. The molecule has 2 aliphatic heterocycles. The highest BCUT2D eigenvalue weighted by Crippen LogP contribution is 2.29. The van der Waals surface area contributed by atoms with E-state index in [1.165, 1.54) is 23.7 Å². The van der Waals surface area contributed by atoms with Crippen LogP contribution in [0.5, 0.6) is 0 Å². The van der Waals surface area contributed by atoms with Gasteiger partial charge in [0.15, 0.2) is 0 Å². The van der Waals surface area contributed by atoms with Gasteiger partial charge < -0.3 is 0 Å². The lowest BCUT2D eigenvalue weighted by molar-refractivity contribution is -0.548. The molecule has 0 saturated carbocycles. The molecular formula is C21H19Cl2N4O2S+. The minimum absolute atomic E-state index is 0.308. The summed E-state index contributed by atoms with van der Waals surface area (Å²) in [4.78, 5) is 32.6. The molecule has 154 valence electrons. The monoisotopic (exact) mass is 461 g/mol. The molecule has 2 heterocycles. The smallest absolute Gasteiger partial charge is 0.269 e. The molecule has 0 N–H and O–H groups in total. The molecule has 0 radical (unpaired) electrons. The number of hydrogen-bond acceptors (Lipinski definition) is 4. The van der Waals surface area contributed by atoms with E-state index in [0.717, 1.165) is 16.0 Å². The van der Waals surface area contributed by atoms with Crippen LogP contribution in [0.15, 0.2) is 53.5 Å². The van der Waals surface area contributed by atoms with E-state index in [0.29, 0.717) is 33.3 Å². The summed E-state index contributed by atoms with van der Waals surface area (Å²) >= 11 is 14.2. The number of fused-ring (bicyclic) bond motifs is 1. The second-order valence-electron chi connectivity index (χ2n) is 6.99. The third kappa shape index (κ3) is 3.73. The van der Waals surface area contributed by atoms with Gasteiger partial charge in [0, 0.05) is 35.5 Å². The minimum atomic E-state index is -0.678. The van der Waals surface area contributed by atoms with E-state index < -0.39 is 12.1 Å². The molecule has 3 amide bonds. The van der Waals surface area contributed by atoms with Crippen molar-refractivity contribution < 1.29 is 14.2 Å². The number of urea groups is 1. The Kier molecular flexibility index (Phi) is 5.86. The first kappa shape index (κ1) is 20.9. The van der Waals surface area contributed by atoms with Gasteiger partial charge in [0.05, 0.1) is 0 Å². The van der Waals surface area contributed by atoms with E-state index in [1.54, 1.807) is 7.05 Å². The lowest BCUT2D eigenvalue weighted by Crippen LogP contribution is -2.61. The number of likely N-dealkylation sites (N-methyl/N-ethyl adjacent to an activating group) is 2. The molecule has 6 nitrogen and oxygen atoms in total. The molecule has 1 fully saturated rings. The predicted octanol–water partition coefficient (Wildman–Crippen LogP) is 4.10. The lowest BCUT2D eigenvalue weighted by Gasteiger charge is -2.30. The van der Waals surface area contributed by atoms with Crippen LogP contribution >= 0.6 is 35.0 Å². The number of halogens is 2. The quantitative estimate of drug-likeness (QED) is 0.643. The van der Waals surface area contributed by atoms with Crippen molar-refractivity contribution >= 4 is 57.9 Å². The van der Waals surface area contributed by atoms with Gasteiger partial charge in [-0.25, -0.2) is 9.37 Å². The first-order valence-corrected chi connectivity index (χ1v) is 11.0. The van der Waals surface area contributed by atoms with Crippen LogP contribution in [0.2, 0.25) is 10.0 Å². The molecule has 1 unspecified atom stereocenters. The Balaban J connectivity index is 1.72. The second kappa shape index (κ2) is 8.41. The van der Waals surface area contributed by atoms with Crippen LogP contribution in [0.4, 0.5) is 4.79 Å². The van der Waals surface area contributed by atoms with Gasteiger partial charge in [0.25, 0.3) is 17.8 Å². The molecule has 30 heavy (non-hydrogen) atoms. The molecule has 1 atom stereocenters. The van der Waals surface area contributed by atoms with Gasteiger partial charge in [0.2, 0.25) is 0 Å². The SMILES string of the molecule is CN1C(=O)C2C(=NC(SCc3ccccc3Cl)=[N+]2Cc2ccccc2Cl)N(C)C1=O. The van der Waals surface area contributed by atoms with Crippen molar-refractivity contribution in [3.63, 3.8) is 0 Å². The van der Waals surface area contributed by atoms with Crippen molar-refractivity contribution in [1.29, 1.82) is 0 Å². The van der Waals surface area contributed by atoms with Crippen molar-refractivity contribution in [2.24, 2.45) is 4.99 Å². The van der Waals surface area contributed by atoms with E-state index in [1.807, 2.05) is 53.1 Å². The fourth-order valence-corrected chi connectivity index (χ4v) is 4.93. The standard InChI is InChI=1S/C21H19Cl2N4O2S/c1-25-18-17(19(28)26(2)21(25)29)27(11-13-7-3-5-9-15(13)22)20(24-18)30-12-14-8-4-6-10-16(14)23/h3-10,17H,11-12H2,1-2H3/q+1. The minimum Gasteiger partial charge on any atom is -0.269 e. The van der Waals surface area contributed by atoms with Crippen molar-refractivity contribution in [3.8, 4) is 0 Å². The average molecular weight is 462 g/mol. The predicted molar refractivity (Wildman–Crippen MR) is 120 cm³/mol. The number of rotatable bonds is 4. The molecule has 2 aromatic rings. The summed E-state index contributed by atoms with van der Waals surface area (Å²) in [5.41, 5.74) is 1.85. The summed E-state index contributed by atoms with van der Waals surface area (Å²) in [6, 6.07) is 14.0. The zero-order chi connectivity index (χ0) is 21.4. The number of aliphatic imine (C=N–C) groups is 1. The molecule has 1 saturated heterocycles. The highest BCUT2D eigenvalue weighted by Gasteiger charge is 2.53. The highest BCUT2D eigenvalue weighted by molar-refractivity contribution is 8.13. The van der Waals surface area contributed by atoms with Gasteiger partial charge in [-0.2, -0.15) is 0 Å². The van der Waals surface area contributed by atoms with E-state index in [4.69, 9.17) is 23.2 Å². The summed E-state index contributed by atoms with van der Waals surface area (Å²) in [5, 5.41) is 1.94. The van der Waals surface area contributed by atoms with Crippen molar-refractivity contribution in [2.75, 3.05) is 14.1 Å². The Morgan fingerprint density at radius 1 is 0.967 bits per heavy atom. The van der Waals surface area contributed by atoms with Gasteiger partial charge in [-0.3, -0.25) is 14.6 Å². The third-order valence-corrected chi connectivity index (χ3v) is 6.88. The number of hydrogen-bond donors (Lipinski definition) is 0. The number of thioether (sulfide) groups is 1. The van der Waals surface area contributed by atoms with Gasteiger partial charge in [-0.1, -0.05) is 59.6 Å². The van der Waals surface area contributed by atoms with E-state index >= 15 is 0 Å². The van der Waals surface area contributed by atoms with Crippen LogP contribution in [0.25, 0.3) is 0 Å². The summed E-state index contributed by atoms with van der Waals surface area (Å²) in [6.07, 6.45) is 0. The fourth-order valence-electron chi connectivity index (χ4n) is 3.42. The molecular weight excluding hydrogens is 443 g/mol. The molecule has 4 rings (SSSR count). The number of amidine groups is 2. The Bertz CT molecular complexity index is 1100. The molecule has 2 aliphatic rings. The number of benzene rings is 2. The van der Waals surface area contributed by atoms with Crippen molar-refractivity contribution in [1.82, 2.24) is 9.80 Å². The Morgan fingerprint density at radius 3 is 2.20 bits per heavy atom. The second-order valence-corrected chi connectivity index (χ2v) is 8.75. The zero-order valence-corrected chi connectivity index (χ0v) is 18.7. The molecule has 0 bridgehead atoms. The topological polar surface area (TPSA) is 56.0 Å². The lowest BCUT2D eigenvalue weighted by atomic mass is 10.1. The highest BCUT2D eigenvalue weighted by atomic mass is 35.5. The zero-order valence-electron chi connectivity index (χ0n) is 16.4. The van der Waals surface area contributed by atoms with Crippen LogP contribution in [-0.2, 0) is 17.1 Å². The first-order valence-electron chi connectivity index (χ1n) is 9.25. The summed E-state index contributed by atoms with van der Waals surface area (Å²) in [6.45, 7) is 0.393. The summed E-state index contributed by atoms with van der Waals surface area (Å²) in [7, 11) is 3.12. The van der Waals surface area contributed by atoms with Gasteiger partial charge in [-0.15, -0.1) is 0 Å². The third-order valence-electron chi connectivity index (χ3n) is 5.11. The van der Waals surface area contributed by atoms with Gasteiger partial charge in [-0.05, 0) is 34.5 Å². The Hall–Kier alpha value is -2.35. The first-order chi connectivity index (χ1) is 14.4. The number of amides is 3. The van der Waals surface area contributed by atoms with Gasteiger partial charge in [0.1, 0.15) is 6.54 Å². The van der Waals surface area contributed by atoms with E-state index in [9.17, 15) is 9.59 Å². The number of imide groups is 1. The van der Waals surface area contributed by atoms with Gasteiger partial charge >= 0.3 is 11.2 Å². The molecule has 0 spiro atoms. The average Bonchev–Trinajstić information content (AvgIpc) is 3.10. The number of carbonyl (C=O) groups excluding carboxylic acids is 2. The largest absolute Gasteiger partial charge is 0.358 e. The molecule has 0 aliphatic carbocycles. The molecule has 2 aromatic carbocycles. The normalized spacial score (nSPS) is 18.8. The maximum atomic E-state index is 13.0. The summed E-state index contributed by atoms with van der Waals surface area (Å²) in [5.74, 6) is 0.702. The van der Waals surface area contributed by atoms with Crippen LogP contribution < -0.4 is 0 Å². The fraction of sp³-hybridized carbons (Fsp3) is 0.238. The maximum Gasteiger partial charge on any atom is 0.358 e. The summed E-state index contributed by atoms with van der Waals surface area (Å²) < 4.78 is 1.90. The van der Waals surface area contributed by atoms with E-state index in [2.05, 4.69) is 4.99 Å². The Labute approximate surface area is 188 Å². The number of carbonyl (C=O) groups is 2. The van der Waals surface area contributed by atoms with Crippen LogP contribution in [-0.4, -0.2) is 57.5 Å². The molecule has 0 aromatic heterocycles. The maximum absolute atomic E-state index is 13.0. The van der Waals surface area contributed by atoms with Crippen LogP contribution in [0, 0.1) is 0 Å².